The first-order valence-electron chi connectivity index (χ1n) is 5.46. The summed E-state index contributed by atoms with van der Waals surface area (Å²) in [6, 6.07) is 5.67. The minimum absolute atomic E-state index is 0.584. The molecule has 0 fully saturated rings. The molecule has 90 valence electrons. The molecule has 0 aliphatic rings. The van der Waals surface area contributed by atoms with Crippen LogP contribution in [0.4, 0.5) is 5.95 Å². The predicted octanol–water partition coefficient (Wildman–Crippen LogP) is 2.62. The third-order valence-electron chi connectivity index (χ3n) is 2.56. The molecular weight excluding hydrogens is 250 g/mol. The number of aromatic amines is 1. The fraction of sp³-hybridized carbons (Fsp3) is 0.0833. The van der Waals surface area contributed by atoms with Crippen molar-refractivity contribution in [1.82, 2.24) is 19.9 Å². The molecule has 0 aliphatic carbocycles. The van der Waals surface area contributed by atoms with Crippen LogP contribution in [0, 0.1) is 0 Å². The zero-order valence-electron chi connectivity index (χ0n) is 9.39. The maximum Gasteiger partial charge on any atom is 0.202 e. The Balaban J connectivity index is 1.79. The van der Waals surface area contributed by atoms with E-state index in [1.54, 1.807) is 18.6 Å². The van der Waals surface area contributed by atoms with Crippen molar-refractivity contribution in [3.63, 3.8) is 0 Å². The molecule has 0 aliphatic heterocycles. The number of hydrogen-bond acceptors (Lipinski definition) is 4. The Bertz CT molecular complexity index is 646. The van der Waals surface area contributed by atoms with Gasteiger partial charge in [-0.25, -0.2) is 4.98 Å². The van der Waals surface area contributed by atoms with Gasteiger partial charge in [-0.05, 0) is 23.8 Å². The Labute approximate surface area is 108 Å². The molecule has 5 nitrogen and oxygen atoms in total. The van der Waals surface area contributed by atoms with Crippen LogP contribution in [-0.2, 0) is 6.54 Å². The molecule has 0 saturated heterocycles. The second-order valence-electron chi connectivity index (χ2n) is 3.78. The maximum atomic E-state index is 6.02. The first-order chi connectivity index (χ1) is 8.83. The van der Waals surface area contributed by atoms with Crippen molar-refractivity contribution in [2.24, 2.45) is 0 Å². The van der Waals surface area contributed by atoms with Gasteiger partial charge >= 0.3 is 0 Å². The van der Waals surface area contributed by atoms with Crippen molar-refractivity contribution >= 4 is 28.7 Å². The third kappa shape index (κ3) is 2.12. The zero-order valence-corrected chi connectivity index (χ0v) is 10.1. The van der Waals surface area contributed by atoms with Crippen LogP contribution in [0.1, 0.15) is 5.56 Å². The van der Waals surface area contributed by atoms with Crippen molar-refractivity contribution in [2.45, 2.75) is 6.54 Å². The highest BCUT2D eigenvalue weighted by molar-refractivity contribution is 6.31. The Morgan fingerprint density at radius 2 is 2.22 bits per heavy atom. The average Bonchev–Trinajstić information content (AvgIpc) is 2.80. The van der Waals surface area contributed by atoms with Crippen molar-refractivity contribution in [3.8, 4) is 0 Å². The molecule has 0 bridgehead atoms. The highest BCUT2D eigenvalue weighted by Gasteiger charge is 2.04. The molecule has 18 heavy (non-hydrogen) atoms. The molecule has 3 heterocycles. The van der Waals surface area contributed by atoms with E-state index in [1.165, 1.54) is 0 Å². The molecule has 0 spiro atoms. The maximum absolute atomic E-state index is 6.02. The minimum Gasteiger partial charge on any atom is -0.352 e. The lowest BCUT2D eigenvalue weighted by molar-refractivity contribution is 1.08. The molecule has 0 amide bonds. The summed E-state index contributed by atoms with van der Waals surface area (Å²) in [7, 11) is 0. The molecule has 2 N–H and O–H groups in total. The van der Waals surface area contributed by atoms with Crippen LogP contribution in [-0.4, -0.2) is 19.9 Å². The molecule has 3 rings (SSSR count). The first-order valence-corrected chi connectivity index (χ1v) is 5.84. The van der Waals surface area contributed by atoms with Gasteiger partial charge in [-0.3, -0.25) is 4.98 Å². The first kappa shape index (κ1) is 11.0. The summed E-state index contributed by atoms with van der Waals surface area (Å²) in [6.07, 6.45) is 5.05. The van der Waals surface area contributed by atoms with Crippen molar-refractivity contribution in [1.29, 1.82) is 0 Å². The van der Waals surface area contributed by atoms with E-state index in [9.17, 15) is 0 Å². The van der Waals surface area contributed by atoms with Gasteiger partial charge in [0.2, 0.25) is 5.95 Å². The molecule has 3 aromatic rings. The van der Waals surface area contributed by atoms with Crippen LogP contribution in [0.2, 0.25) is 5.02 Å². The Hall–Kier alpha value is -2.14. The Kier molecular flexibility index (Phi) is 2.82. The van der Waals surface area contributed by atoms with Crippen LogP contribution in [0.3, 0.4) is 0 Å². The van der Waals surface area contributed by atoms with E-state index in [-0.39, 0.29) is 0 Å². The van der Waals surface area contributed by atoms with Gasteiger partial charge < -0.3 is 10.3 Å². The van der Waals surface area contributed by atoms with Crippen molar-refractivity contribution in [2.75, 3.05) is 5.32 Å². The van der Waals surface area contributed by atoms with E-state index in [2.05, 4.69) is 25.3 Å². The number of hydrogen-bond donors (Lipinski definition) is 2. The summed E-state index contributed by atoms with van der Waals surface area (Å²) >= 11 is 6.02. The Morgan fingerprint density at radius 3 is 3.06 bits per heavy atom. The highest BCUT2D eigenvalue weighted by Crippen LogP contribution is 2.16. The number of anilines is 1. The van der Waals surface area contributed by atoms with Crippen LogP contribution in [0.5, 0.6) is 0 Å². The molecule has 0 unspecified atom stereocenters. The lowest BCUT2D eigenvalue weighted by atomic mass is 10.3. The zero-order chi connectivity index (χ0) is 12.4. The number of fused-ring (bicyclic) bond motifs is 1. The van der Waals surface area contributed by atoms with Gasteiger partial charge in [0, 0.05) is 25.1 Å². The third-order valence-corrected chi connectivity index (χ3v) is 2.90. The largest absolute Gasteiger partial charge is 0.352 e. The lowest BCUT2D eigenvalue weighted by Crippen LogP contribution is -2.01. The number of H-pyrrole nitrogens is 1. The van der Waals surface area contributed by atoms with Crippen LogP contribution >= 0.6 is 11.6 Å². The van der Waals surface area contributed by atoms with Crippen LogP contribution in [0.15, 0.2) is 36.8 Å². The molecule has 0 saturated carbocycles. The van der Waals surface area contributed by atoms with E-state index >= 15 is 0 Å². The number of pyridine rings is 2. The normalized spacial score (nSPS) is 10.7. The summed E-state index contributed by atoms with van der Waals surface area (Å²) < 4.78 is 0. The van der Waals surface area contributed by atoms with Gasteiger partial charge in [0.25, 0.3) is 0 Å². The second kappa shape index (κ2) is 4.62. The monoisotopic (exact) mass is 259 g/mol. The number of imidazole rings is 1. The Morgan fingerprint density at radius 1 is 1.28 bits per heavy atom. The van der Waals surface area contributed by atoms with E-state index < -0.39 is 0 Å². The predicted molar refractivity (Wildman–Crippen MR) is 70.5 cm³/mol. The van der Waals surface area contributed by atoms with Gasteiger partial charge in [0.1, 0.15) is 0 Å². The van der Waals surface area contributed by atoms with E-state index in [1.807, 2.05) is 18.2 Å². The number of rotatable bonds is 3. The lowest BCUT2D eigenvalue weighted by Gasteiger charge is -2.04. The second-order valence-corrected chi connectivity index (χ2v) is 4.19. The number of halogens is 1. The van der Waals surface area contributed by atoms with Crippen molar-refractivity contribution in [3.05, 3.63) is 47.4 Å². The van der Waals surface area contributed by atoms with Crippen LogP contribution < -0.4 is 5.32 Å². The summed E-state index contributed by atoms with van der Waals surface area (Å²) in [6.45, 7) is 0.584. The molecule has 6 heteroatoms. The topological polar surface area (TPSA) is 66.5 Å². The van der Waals surface area contributed by atoms with Gasteiger partial charge in [-0.15, -0.1) is 0 Å². The molecule has 0 radical (unpaired) electrons. The SMILES string of the molecule is Clc1cnccc1CNc1nc2ncccc2[nH]1. The molecule has 3 aromatic heterocycles. The molecule has 0 atom stereocenters. The summed E-state index contributed by atoms with van der Waals surface area (Å²) in [5, 5.41) is 3.81. The van der Waals surface area contributed by atoms with E-state index in [0.717, 1.165) is 11.1 Å². The van der Waals surface area contributed by atoms with Crippen molar-refractivity contribution < 1.29 is 0 Å². The van der Waals surface area contributed by atoms with Gasteiger partial charge in [0.15, 0.2) is 5.65 Å². The molecular formula is C12H10ClN5. The summed E-state index contributed by atoms with van der Waals surface area (Å²) in [4.78, 5) is 15.6. The highest BCUT2D eigenvalue weighted by atomic mass is 35.5. The van der Waals surface area contributed by atoms with Gasteiger partial charge in [0.05, 0.1) is 10.5 Å². The fourth-order valence-corrected chi connectivity index (χ4v) is 1.84. The summed E-state index contributed by atoms with van der Waals surface area (Å²) in [5.41, 5.74) is 2.57. The average molecular weight is 260 g/mol. The number of nitrogens with zero attached hydrogens (tertiary/aromatic N) is 3. The fourth-order valence-electron chi connectivity index (χ4n) is 1.66. The molecule has 0 aromatic carbocycles. The standard InChI is InChI=1S/C12H10ClN5/c13-9-7-14-5-3-8(9)6-16-12-17-10-2-1-4-15-11(10)18-12/h1-5,7H,6H2,(H2,15,16,17,18). The number of nitrogens with one attached hydrogen (secondary N) is 2. The van der Waals surface area contributed by atoms with E-state index in [4.69, 9.17) is 11.6 Å². The quantitative estimate of drug-likeness (QED) is 0.759. The van der Waals surface area contributed by atoms with Gasteiger partial charge in [-0.2, -0.15) is 4.98 Å². The minimum atomic E-state index is 0.584. The smallest absolute Gasteiger partial charge is 0.202 e. The van der Waals surface area contributed by atoms with Crippen LogP contribution in [0.25, 0.3) is 11.2 Å². The number of aromatic nitrogens is 4. The van der Waals surface area contributed by atoms with E-state index in [0.29, 0.717) is 23.2 Å². The van der Waals surface area contributed by atoms with Gasteiger partial charge in [-0.1, -0.05) is 11.6 Å². The summed E-state index contributed by atoms with van der Waals surface area (Å²) in [5.74, 6) is 0.677.